The number of aliphatic hydroxyl groups excluding tert-OH is 1. The van der Waals surface area contributed by atoms with Crippen molar-refractivity contribution in [3.05, 3.63) is 0 Å². The van der Waals surface area contributed by atoms with Crippen LogP contribution in [0.2, 0.25) is 0 Å². The van der Waals surface area contributed by atoms with Crippen molar-refractivity contribution in [1.29, 1.82) is 0 Å². The molecule has 2 atom stereocenters. The molecular formula is C14H24N2O5. The summed E-state index contributed by atoms with van der Waals surface area (Å²) in [4.78, 5) is 27.0. The van der Waals surface area contributed by atoms with Crippen LogP contribution in [0, 0.1) is 5.92 Å². The van der Waals surface area contributed by atoms with Crippen molar-refractivity contribution < 1.29 is 24.5 Å². The molecule has 2 N–H and O–H groups in total. The van der Waals surface area contributed by atoms with Gasteiger partial charge in [0.25, 0.3) is 0 Å². The van der Waals surface area contributed by atoms with E-state index in [2.05, 4.69) is 0 Å². The summed E-state index contributed by atoms with van der Waals surface area (Å²) in [6.45, 7) is 3.87. The maximum atomic E-state index is 12.5. The number of nitrogens with zero attached hydrogens (tertiary/aromatic N) is 2. The molecule has 0 radical (unpaired) electrons. The number of rotatable bonds is 4. The predicted molar refractivity (Wildman–Crippen MR) is 74.9 cm³/mol. The molecule has 2 fully saturated rings. The Morgan fingerprint density at radius 1 is 1.19 bits per heavy atom. The first-order valence-corrected chi connectivity index (χ1v) is 7.55. The number of hydrogen-bond donors (Lipinski definition) is 2. The fourth-order valence-corrected chi connectivity index (χ4v) is 3.15. The summed E-state index contributed by atoms with van der Waals surface area (Å²) in [6.07, 6.45) is 2.27. The molecule has 0 aromatic carbocycles. The van der Waals surface area contributed by atoms with Gasteiger partial charge in [-0.25, -0.2) is 9.59 Å². The van der Waals surface area contributed by atoms with Gasteiger partial charge in [0, 0.05) is 19.6 Å². The first-order chi connectivity index (χ1) is 10.0. The number of carboxylic acids is 1. The highest BCUT2D eigenvalue weighted by Crippen LogP contribution is 2.26. The Morgan fingerprint density at radius 2 is 1.86 bits per heavy atom. The fourth-order valence-electron chi connectivity index (χ4n) is 3.15. The highest BCUT2D eigenvalue weighted by molar-refractivity contribution is 5.83. The van der Waals surface area contributed by atoms with E-state index in [1.165, 1.54) is 4.90 Å². The number of aliphatic carboxylic acids is 1. The number of carbonyl (C=O) groups is 2. The summed E-state index contributed by atoms with van der Waals surface area (Å²) in [5.41, 5.74) is 0. The van der Waals surface area contributed by atoms with Crippen LogP contribution < -0.4 is 0 Å². The summed E-state index contributed by atoms with van der Waals surface area (Å²) >= 11 is 0. The van der Waals surface area contributed by atoms with Crippen LogP contribution >= 0.6 is 0 Å². The third-order valence-electron chi connectivity index (χ3n) is 4.36. The van der Waals surface area contributed by atoms with E-state index in [1.807, 2.05) is 6.92 Å². The summed E-state index contributed by atoms with van der Waals surface area (Å²) in [7, 11) is 0. The molecule has 120 valence electrons. The molecule has 7 heteroatoms. The molecular weight excluding hydrogens is 276 g/mol. The second-order valence-electron chi connectivity index (χ2n) is 5.81. The molecule has 2 heterocycles. The second-order valence-corrected chi connectivity index (χ2v) is 5.81. The Kier molecular flexibility index (Phi) is 5.41. The summed E-state index contributed by atoms with van der Waals surface area (Å²) < 4.78 is 5.47. The Hall–Kier alpha value is -1.34. The van der Waals surface area contributed by atoms with Crippen LogP contribution in [-0.4, -0.2) is 77.0 Å². The molecule has 2 aliphatic rings. The van der Waals surface area contributed by atoms with Crippen molar-refractivity contribution in [1.82, 2.24) is 9.80 Å². The van der Waals surface area contributed by atoms with E-state index in [9.17, 15) is 14.7 Å². The molecule has 0 bridgehead atoms. The zero-order valence-corrected chi connectivity index (χ0v) is 12.4. The van der Waals surface area contributed by atoms with Gasteiger partial charge in [-0.2, -0.15) is 0 Å². The molecule has 2 amide bonds. The molecule has 0 aliphatic carbocycles. The molecule has 21 heavy (non-hydrogen) atoms. The van der Waals surface area contributed by atoms with Gasteiger partial charge < -0.3 is 24.7 Å². The van der Waals surface area contributed by atoms with Gasteiger partial charge in [0.05, 0.1) is 19.3 Å². The number of likely N-dealkylation sites (tertiary alicyclic amines) is 2. The van der Waals surface area contributed by atoms with Crippen molar-refractivity contribution >= 4 is 12.0 Å². The molecule has 2 unspecified atom stereocenters. The van der Waals surface area contributed by atoms with Gasteiger partial charge >= 0.3 is 12.0 Å². The molecule has 2 aliphatic heterocycles. The van der Waals surface area contributed by atoms with Gasteiger partial charge in [-0.1, -0.05) is 6.92 Å². The predicted octanol–water partition coefficient (Wildman–Crippen LogP) is 0.375. The SMILES string of the molecule is CC1CCN(C(=O)N2CCC(OCCO)CC2)C1C(=O)O. The van der Waals surface area contributed by atoms with E-state index >= 15 is 0 Å². The zero-order chi connectivity index (χ0) is 15.4. The lowest BCUT2D eigenvalue weighted by Crippen LogP contribution is -2.52. The molecule has 2 saturated heterocycles. The summed E-state index contributed by atoms with van der Waals surface area (Å²) in [6, 6.07) is -0.881. The Labute approximate surface area is 124 Å². The lowest BCUT2D eigenvalue weighted by Gasteiger charge is -2.35. The summed E-state index contributed by atoms with van der Waals surface area (Å²) in [5.74, 6) is -0.925. The molecule has 7 nitrogen and oxygen atoms in total. The highest BCUT2D eigenvalue weighted by atomic mass is 16.5. The van der Waals surface area contributed by atoms with Crippen LogP contribution in [-0.2, 0) is 9.53 Å². The molecule has 0 aromatic rings. The minimum absolute atomic E-state index is 0.00289. The van der Waals surface area contributed by atoms with Crippen LogP contribution in [0.1, 0.15) is 26.2 Å². The van der Waals surface area contributed by atoms with E-state index in [-0.39, 0.29) is 24.7 Å². The minimum atomic E-state index is -0.922. The van der Waals surface area contributed by atoms with Gasteiger partial charge in [-0.15, -0.1) is 0 Å². The Morgan fingerprint density at radius 3 is 2.43 bits per heavy atom. The van der Waals surface area contributed by atoms with Gasteiger partial charge in [-0.05, 0) is 25.2 Å². The number of ether oxygens (including phenoxy) is 1. The van der Waals surface area contributed by atoms with Crippen LogP contribution in [0.25, 0.3) is 0 Å². The maximum absolute atomic E-state index is 12.5. The molecule has 2 rings (SSSR count). The Balaban J connectivity index is 1.88. The van der Waals surface area contributed by atoms with Gasteiger partial charge in [-0.3, -0.25) is 0 Å². The van der Waals surface area contributed by atoms with Crippen molar-refractivity contribution in [3.63, 3.8) is 0 Å². The van der Waals surface area contributed by atoms with Crippen LogP contribution in [0.5, 0.6) is 0 Å². The van der Waals surface area contributed by atoms with Crippen LogP contribution in [0.4, 0.5) is 4.79 Å². The van der Waals surface area contributed by atoms with Crippen LogP contribution in [0.3, 0.4) is 0 Å². The minimum Gasteiger partial charge on any atom is -0.480 e. The molecule has 0 spiro atoms. The second kappa shape index (κ2) is 7.09. The van der Waals surface area contributed by atoms with Gasteiger partial charge in [0.1, 0.15) is 6.04 Å². The van der Waals surface area contributed by atoms with Crippen molar-refractivity contribution in [2.45, 2.75) is 38.3 Å². The average Bonchev–Trinajstić information content (AvgIpc) is 2.87. The van der Waals surface area contributed by atoms with E-state index in [1.54, 1.807) is 4.90 Å². The molecule has 0 aromatic heterocycles. The number of carbonyl (C=O) groups excluding carboxylic acids is 1. The normalized spacial score (nSPS) is 27.1. The number of amides is 2. The number of piperidine rings is 1. The lowest BCUT2D eigenvalue weighted by molar-refractivity contribution is -0.142. The monoisotopic (exact) mass is 300 g/mol. The van der Waals surface area contributed by atoms with E-state index in [4.69, 9.17) is 9.84 Å². The largest absolute Gasteiger partial charge is 0.480 e. The average molecular weight is 300 g/mol. The highest BCUT2D eigenvalue weighted by Gasteiger charge is 2.41. The summed E-state index contributed by atoms with van der Waals surface area (Å²) in [5, 5.41) is 18.0. The van der Waals surface area contributed by atoms with E-state index in [0.717, 1.165) is 19.3 Å². The van der Waals surface area contributed by atoms with Gasteiger partial charge in [0.2, 0.25) is 0 Å². The third-order valence-corrected chi connectivity index (χ3v) is 4.36. The van der Waals surface area contributed by atoms with Gasteiger partial charge in [0.15, 0.2) is 0 Å². The van der Waals surface area contributed by atoms with Crippen molar-refractivity contribution in [2.24, 2.45) is 5.92 Å². The lowest BCUT2D eigenvalue weighted by atomic mass is 10.0. The smallest absolute Gasteiger partial charge is 0.326 e. The maximum Gasteiger partial charge on any atom is 0.326 e. The number of urea groups is 1. The Bertz CT molecular complexity index is 382. The first kappa shape index (κ1) is 16.0. The number of carboxylic acid groups (broad SMARTS) is 1. The van der Waals surface area contributed by atoms with E-state index < -0.39 is 12.0 Å². The van der Waals surface area contributed by atoms with Crippen molar-refractivity contribution in [3.8, 4) is 0 Å². The third kappa shape index (κ3) is 3.65. The topological polar surface area (TPSA) is 90.3 Å². The number of hydrogen-bond acceptors (Lipinski definition) is 4. The standard InChI is InChI=1S/C14H24N2O5/c1-10-2-7-16(12(10)13(18)19)14(20)15-5-3-11(4-6-15)21-9-8-17/h10-12,17H,2-9H2,1H3,(H,18,19). The quantitative estimate of drug-likeness (QED) is 0.783. The first-order valence-electron chi connectivity index (χ1n) is 7.55. The van der Waals surface area contributed by atoms with E-state index in [0.29, 0.717) is 26.2 Å². The van der Waals surface area contributed by atoms with Crippen molar-refractivity contribution in [2.75, 3.05) is 32.8 Å². The molecule has 0 saturated carbocycles. The zero-order valence-electron chi connectivity index (χ0n) is 12.4. The van der Waals surface area contributed by atoms with Crippen LogP contribution in [0.15, 0.2) is 0 Å². The number of aliphatic hydroxyl groups is 1. The fraction of sp³-hybridized carbons (Fsp3) is 0.857.